The van der Waals surface area contributed by atoms with Crippen LogP contribution in [0.1, 0.15) is 21.1 Å². The minimum atomic E-state index is -1.25. The number of nitrogens with one attached hydrogen (secondary N) is 1. The Hall–Kier alpha value is -2.47. The third-order valence-corrected chi connectivity index (χ3v) is 2.69. The van der Waals surface area contributed by atoms with Gasteiger partial charge in [-0.3, -0.25) is 4.79 Å². The van der Waals surface area contributed by atoms with Gasteiger partial charge in [0.2, 0.25) is 5.76 Å². The van der Waals surface area contributed by atoms with E-state index in [9.17, 15) is 9.59 Å². The Bertz CT molecular complexity index is 665. The van der Waals surface area contributed by atoms with Crippen LogP contribution in [0.15, 0.2) is 34.7 Å². The molecule has 0 atom stereocenters. The van der Waals surface area contributed by atoms with Gasteiger partial charge in [0.15, 0.2) is 5.76 Å². The second kappa shape index (κ2) is 5.66. The van der Waals surface area contributed by atoms with Crippen molar-refractivity contribution in [1.29, 1.82) is 0 Å². The number of furan rings is 1. The Labute approximate surface area is 118 Å². The van der Waals surface area contributed by atoms with Gasteiger partial charge in [0.05, 0.1) is 12.8 Å². The number of amides is 1. The van der Waals surface area contributed by atoms with Crippen molar-refractivity contribution in [2.24, 2.45) is 0 Å². The Morgan fingerprint density at radius 3 is 2.55 bits per heavy atom. The Kier molecular flexibility index (Phi) is 3.95. The molecule has 2 rings (SSSR count). The fourth-order valence-corrected chi connectivity index (χ4v) is 1.71. The summed E-state index contributed by atoms with van der Waals surface area (Å²) in [7, 11) is 1.45. The number of carbonyl (C=O) groups excluding carboxylic acids is 1. The molecule has 1 heterocycles. The molecular formula is C13H10ClNO5. The maximum atomic E-state index is 11.9. The van der Waals surface area contributed by atoms with Crippen LogP contribution in [0.3, 0.4) is 0 Å². The average molecular weight is 296 g/mol. The summed E-state index contributed by atoms with van der Waals surface area (Å²) in [6.07, 6.45) is 0. The third-order valence-electron chi connectivity index (χ3n) is 2.45. The SMILES string of the molecule is COc1ccc(Cl)cc1NC(=O)c1ccc(C(=O)O)o1. The fourth-order valence-electron chi connectivity index (χ4n) is 1.54. The minimum Gasteiger partial charge on any atom is -0.495 e. The van der Waals surface area contributed by atoms with Gasteiger partial charge in [-0.2, -0.15) is 0 Å². The van der Waals surface area contributed by atoms with Crippen molar-refractivity contribution < 1.29 is 23.8 Å². The standard InChI is InChI=1S/C13H10ClNO5/c1-19-9-3-2-7(14)6-8(9)15-12(16)10-4-5-11(20-10)13(17)18/h2-6H,1H3,(H,15,16)(H,17,18). The topological polar surface area (TPSA) is 88.8 Å². The highest BCUT2D eigenvalue weighted by Crippen LogP contribution is 2.28. The molecule has 0 saturated carbocycles. The lowest BCUT2D eigenvalue weighted by Crippen LogP contribution is -2.11. The minimum absolute atomic E-state index is 0.121. The summed E-state index contributed by atoms with van der Waals surface area (Å²) in [5.74, 6) is -1.85. The number of carboxylic acid groups (broad SMARTS) is 1. The van der Waals surface area contributed by atoms with E-state index in [1.54, 1.807) is 12.1 Å². The molecule has 0 aliphatic heterocycles. The normalized spacial score (nSPS) is 10.1. The van der Waals surface area contributed by atoms with Crippen molar-refractivity contribution in [3.63, 3.8) is 0 Å². The second-order valence-corrected chi connectivity index (χ2v) is 4.20. The number of aromatic carboxylic acids is 1. The number of halogens is 1. The summed E-state index contributed by atoms with van der Waals surface area (Å²) in [5, 5.41) is 11.7. The van der Waals surface area contributed by atoms with Crippen LogP contribution in [-0.2, 0) is 0 Å². The summed E-state index contributed by atoms with van der Waals surface area (Å²) in [6.45, 7) is 0. The summed E-state index contributed by atoms with van der Waals surface area (Å²) in [6, 6.07) is 7.20. The molecule has 0 radical (unpaired) electrons. The fraction of sp³-hybridized carbons (Fsp3) is 0.0769. The highest BCUT2D eigenvalue weighted by molar-refractivity contribution is 6.31. The molecule has 0 spiro atoms. The van der Waals surface area contributed by atoms with Crippen molar-refractivity contribution in [1.82, 2.24) is 0 Å². The first kappa shape index (κ1) is 14.0. The molecule has 2 N–H and O–H groups in total. The lowest BCUT2D eigenvalue weighted by Gasteiger charge is -2.09. The van der Waals surface area contributed by atoms with Crippen LogP contribution >= 0.6 is 11.6 Å². The molecule has 0 aliphatic rings. The Balaban J connectivity index is 2.22. The molecule has 0 unspecified atom stereocenters. The number of ether oxygens (including phenoxy) is 1. The number of anilines is 1. The number of carbonyl (C=O) groups is 2. The summed E-state index contributed by atoms with van der Waals surface area (Å²) < 4.78 is 9.98. The predicted octanol–water partition coefficient (Wildman–Crippen LogP) is 2.89. The van der Waals surface area contributed by atoms with Crippen molar-refractivity contribution in [2.75, 3.05) is 12.4 Å². The molecule has 20 heavy (non-hydrogen) atoms. The average Bonchev–Trinajstić information content (AvgIpc) is 2.89. The molecule has 1 aromatic carbocycles. The van der Waals surface area contributed by atoms with E-state index in [4.69, 9.17) is 25.9 Å². The van der Waals surface area contributed by atoms with Gasteiger partial charge < -0.3 is 19.6 Å². The summed E-state index contributed by atoms with van der Waals surface area (Å²) in [4.78, 5) is 22.6. The van der Waals surface area contributed by atoms with E-state index in [1.165, 1.54) is 25.3 Å². The second-order valence-electron chi connectivity index (χ2n) is 3.77. The Morgan fingerprint density at radius 2 is 1.95 bits per heavy atom. The van der Waals surface area contributed by atoms with E-state index in [0.29, 0.717) is 16.5 Å². The summed E-state index contributed by atoms with van der Waals surface area (Å²) >= 11 is 5.84. The zero-order chi connectivity index (χ0) is 14.7. The number of hydrogen-bond acceptors (Lipinski definition) is 4. The van der Waals surface area contributed by atoms with E-state index in [1.807, 2.05) is 0 Å². The van der Waals surface area contributed by atoms with E-state index in [0.717, 1.165) is 0 Å². The van der Waals surface area contributed by atoms with Crippen molar-refractivity contribution in [3.05, 3.63) is 46.9 Å². The maximum absolute atomic E-state index is 11.9. The first-order valence-electron chi connectivity index (χ1n) is 5.49. The molecule has 1 aromatic heterocycles. The van der Waals surface area contributed by atoms with Gasteiger partial charge in [0.1, 0.15) is 5.75 Å². The van der Waals surface area contributed by atoms with Gasteiger partial charge in [0.25, 0.3) is 5.91 Å². The first-order valence-corrected chi connectivity index (χ1v) is 5.87. The van der Waals surface area contributed by atoms with Crippen LogP contribution < -0.4 is 10.1 Å². The van der Waals surface area contributed by atoms with Crippen LogP contribution in [-0.4, -0.2) is 24.1 Å². The predicted molar refractivity (Wildman–Crippen MR) is 71.6 cm³/mol. The van der Waals surface area contributed by atoms with Crippen LogP contribution in [0.4, 0.5) is 5.69 Å². The molecule has 6 nitrogen and oxygen atoms in total. The third kappa shape index (κ3) is 2.92. The van der Waals surface area contributed by atoms with Gasteiger partial charge in [-0.05, 0) is 30.3 Å². The van der Waals surface area contributed by atoms with Crippen LogP contribution in [0.25, 0.3) is 0 Å². The van der Waals surface area contributed by atoms with Gasteiger partial charge in [-0.15, -0.1) is 0 Å². The molecule has 1 amide bonds. The lowest BCUT2D eigenvalue weighted by molar-refractivity contribution is 0.0660. The van der Waals surface area contributed by atoms with E-state index in [2.05, 4.69) is 5.32 Å². The van der Waals surface area contributed by atoms with Gasteiger partial charge >= 0.3 is 5.97 Å². The van der Waals surface area contributed by atoms with E-state index >= 15 is 0 Å². The number of hydrogen-bond donors (Lipinski definition) is 2. The number of methoxy groups -OCH3 is 1. The largest absolute Gasteiger partial charge is 0.495 e. The molecule has 7 heteroatoms. The molecule has 2 aromatic rings. The zero-order valence-electron chi connectivity index (χ0n) is 10.3. The highest BCUT2D eigenvalue weighted by atomic mass is 35.5. The van der Waals surface area contributed by atoms with Crippen LogP contribution in [0, 0.1) is 0 Å². The number of rotatable bonds is 4. The number of benzene rings is 1. The summed E-state index contributed by atoms with van der Waals surface area (Å²) in [5.41, 5.74) is 0.360. The quantitative estimate of drug-likeness (QED) is 0.905. The molecule has 0 bridgehead atoms. The highest BCUT2D eigenvalue weighted by Gasteiger charge is 2.16. The Morgan fingerprint density at radius 1 is 1.25 bits per heavy atom. The monoisotopic (exact) mass is 295 g/mol. The molecule has 0 aliphatic carbocycles. The van der Waals surface area contributed by atoms with Crippen molar-refractivity contribution in [2.45, 2.75) is 0 Å². The molecule has 0 fully saturated rings. The van der Waals surface area contributed by atoms with Crippen molar-refractivity contribution >= 4 is 29.2 Å². The first-order chi connectivity index (χ1) is 9.51. The van der Waals surface area contributed by atoms with Crippen LogP contribution in [0.2, 0.25) is 5.02 Å². The van der Waals surface area contributed by atoms with E-state index < -0.39 is 11.9 Å². The van der Waals surface area contributed by atoms with Crippen molar-refractivity contribution in [3.8, 4) is 5.75 Å². The molecule has 104 valence electrons. The lowest BCUT2D eigenvalue weighted by atomic mass is 10.3. The van der Waals surface area contributed by atoms with Gasteiger partial charge in [-0.1, -0.05) is 11.6 Å². The number of carboxylic acids is 1. The zero-order valence-corrected chi connectivity index (χ0v) is 11.1. The van der Waals surface area contributed by atoms with E-state index in [-0.39, 0.29) is 11.5 Å². The molecular weight excluding hydrogens is 286 g/mol. The molecule has 0 saturated heterocycles. The van der Waals surface area contributed by atoms with Gasteiger partial charge in [0, 0.05) is 5.02 Å². The van der Waals surface area contributed by atoms with Gasteiger partial charge in [-0.25, -0.2) is 4.79 Å². The van der Waals surface area contributed by atoms with Crippen LogP contribution in [0.5, 0.6) is 5.75 Å². The maximum Gasteiger partial charge on any atom is 0.371 e. The smallest absolute Gasteiger partial charge is 0.371 e.